The number of rotatable bonds is 7. The lowest BCUT2D eigenvalue weighted by Gasteiger charge is -2.31. The number of benzene rings is 8. The molecule has 0 radical (unpaired) electrons. The summed E-state index contributed by atoms with van der Waals surface area (Å²) in [6.45, 7) is 34.8. The molecule has 1 aliphatic rings. The van der Waals surface area contributed by atoms with Gasteiger partial charge in [0.2, 0.25) is 0 Å². The lowest BCUT2D eigenvalue weighted by molar-refractivity contribution is 0.483. The number of ether oxygens (including phenoxy) is 1. The van der Waals surface area contributed by atoms with Gasteiger partial charge in [-0.15, -0.1) is 11.3 Å². The molecule has 0 aliphatic carbocycles. The van der Waals surface area contributed by atoms with Gasteiger partial charge in [-0.2, -0.15) is 0 Å². The third-order valence-corrected chi connectivity index (χ3v) is 17.4. The summed E-state index contributed by atoms with van der Waals surface area (Å²) in [5, 5.41) is 3.58. The molecule has 0 saturated carbocycles. The van der Waals surface area contributed by atoms with Crippen LogP contribution < -0.4 is 14.5 Å². The van der Waals surface area contributed by atoms with Crippen LogP contribution in [0.3, 0.4) is 0 Å². The molecular formula is C74H76N4OS. The molecule has 0 atom stereocenters. The summed E-state index contributed by atoms with van der Waals surface area (Å²) >= 11 is 1.65. The Morgan fingerprint density at radius 2 is 1.01 bits per heavy atom. The minimum Gasteiger partial charge on any atom is -0.457 e. The number of thiophene rings is 1. The zero-order chi connectivity index (χ0) is 59.0. The van der Waals surface area contributed by atoms with Crippen LogP contribution in [0.1, 0.15) is 136 Å². The van der Waals surface area contributed by atoms with Crippen LogP contribution in [-0.2, 0) is 27.1 Å². The van der Waals surface area contributed by atoms with Gasteiger partial charge in [0.05, 0.1) is 32.2 Å². The molecule has 8 aromatic carbocycles. The predicted octanol–water partition coefficient (Wildman–Crippen LogP) is 21.4. The molecule has 0 spiro atoms. The number of hydrogen-bond acceptors (Lipinski definition) is 5. The minimum atomic E-state index is -0.268. The Kier molecular flexibility index (Phi) is 11.7. The monoisotopic (exact) mass is 1070 g/mol. The number of hydrogen-bond donors (Lipinski definition) is 0. The third-order valence-electron chi connectivity index (χ3n) is 16.2. The fourth-order valence-corrected chi connectivity index (χ4v) is 12.6. The van der Waals surface area contributed by atoms with E-state index in [1.54, 1.807) is 11.3 Å². The van der Waals surface area contributed by atoms with Crippen molar-refractivity contribution in [1.82, 2.24) is 9.55 Å². The smallest absolute Gasteiger partial charge is 0.137 e. The van der Waals surface area contributed by atoms with E-state index < -0.39 is 0 Å². The van der Waals surface area contributed by atoms with Gasteiger partial charge in [0.15, 0.2) is 0 Å². The van der Waals surface area contributed by atoms with Crippen LogP contribution in [0.4, 0.5) is 22.7 Å². The first-order valence-electron chi connectivity index (χ1n) is 29.8. The minimum absolute atomic E-state index is 0.0730. The molecule has 0 saturated heterocycles. The molecule has 12 rings (SSSR count). The van der Waals surface area contributed by atoms with Crippen LogP contribution in [0.15, 0.2) is 176 Å². The molecule has 0 amide bonds. The van der Waals surface area contributed by atoms with E-state index in [9.17, 15) is 2.74 Å². The van der Waals surface area contributed by atoms with E-state index in [4.69, 9.17) is 11.1 Å². The van der Waals surface area contributed by atoms with E-state index in [1.165, 1.54) is 44.5 Å². The van der Waals surface area contributed by atoms with Crippen molar-refractivity contribution in [2.75, 3.05) is 16.5 Å². The van der Waals surface area contributed by atoms with E-state index in [2.05, 4.69) is 229 Å². The summed E-state index contributed by atoms with van der Waals surface area (Å²) in [5.74, 6) is 1.82. The second-order valence-electron chi connectivity index (χ2n) is 27.3. The molecule has 11 aromatic rings. The zero-order valence-electron chi connectivity index (χ0n) is 52.3. The molecular weight excluding hydrogens is 993 g/mol. The number of nitrogens with zero attached hydrogens (tertiary/aromatic N) is 4. The van der Waals surface area contributed by atoms with Crippen molar-refractivity contribution in [3.63, 3.8) is 0 Å². The van der Waals surface area contributed by atoms with Gasteiger partial charge in [-0.1, -0.05) is 201 Å². The average Bonchev–Trinajstić information content (AvgIpc) is 4.15. The van der Waals surface area contributed by atoms with Crippen LogP contribution in [0.2, 0.25) is 0 Å². The molecule has 1 aliphatic heterocycles. The highest BCUT2D eigenvalue weighted by Crippen LogP contribution is 2.52. The first-order chi connectivity index (χ1) is 39.0. The van der Waals surface area contributed by atoms with Gasteiger partial charge in [0.25, 0.3) is 0 Å². The van der Waals surface area contributed by atoms with Gasteiger partial charge in [-0.05, 0) is 127 Å². The van der Waals surface area contributed by atoms with E-state index in [0.717, 1.165) is 64.8 Å². The number of para-hydroxylation sites is 3. The number of pyridine rings is 1. The fraction of sp³-hybridized carbons (Fsp3) is 0.284. The topological polar surface area (TPSA) is 33.5 Å². The lowest BCUT2D eigenvalue weighted by Crippen LogP contribution is -2.25. The van der Waals surface area contributed by atoms with Crippen molar-refractivity contribution in [3.8, 4) is 39.6 Å². The maximum Gasteiger partial charge on any atom is 0.137 e. The third kappa shape index (κ3) is 9.53. The molecule has 0 N–H and O–H groups in total. The summed E-state index contributed by atoms with van der Waals surface area (Å²) in [7, 11) is 0. The highest BCUT2D eigenvalue weighted by atomic mass is 32.1. The van der Waals surface area contributed by atoms with E-state index in [0.29, 0.717) is 29.5 Å². The molecule has 0 fully saturated rings. The largest absolute Gasteiger partial charge is 0.457 e. The molecule has 6 heteroatoms. The van der Waals surface area contributed by atoms with E-state index in [-0.39, 0.29) is 45.3 Å². The number of aromatic nitrogens is 2. The Bertz CT molecular complexity index is 4260. The van der Waals surface area contributed by atoms with Gasteiger partial charge in [-0.3, -0.25) is 4.57 Å². The Morgan fingerprint density at radius 1 is 0.463 bits per heavy atom. The molecule has 5 nitrogen and oxygen atoms in total. The summed E-state index contributed by atoms with van der Waals surface area (Å²) < 4.78 is 39.1. The van der Waals surface area contributed by atoms with Crippen molar-refractivity contribution in [1.29, 1.82) is 0 Å². The maximum absolute atomic E-state index is 9.71. The average molecular weight is 1070 g/mol. The zero-order valence-corrected chi connectivity index (χ0v) is 50.1. The molecule has 0 unspecified atom stereocenters. The van der Waals surface area contributed by atoms with Crippen molar-refractivity contribution in [2.24, 2.45) is 0 Å². The Labute approximate surface area is 482 Å². The van der Waals surface area contributed by atoms with Crippen LogP contribution in [0.25, 0.3) is 70.0 Å². The van der Waals surface area contributed by atoms with Crippen LogP contribution in [0.5, 0.6) is 11.5 Å². The Hall–Kier alpha value is -7.67. The van der Waals surface area contributed by atoms with Gasteiger partial charge in [-0.25, -0.2) is 4.98 Å². The maximum atomic E-state index is 9.71. The van der Waals surface area contributed by atoms with Gasteiger partial charge in [0, 0.05) is 66.1 Å². The molecule has 4 heterocycles. The van der Waals surface area contributed by atoms with Crippen LogP contribution in [0, 0.1) is 0 Å². The number of fused-ring (bicyclic) bond motifs is 8. The predicted molar refractivity (Wildman–Crippen MR) is 344 cm³/mol. The standard InChI is InChI=1S/C74H76N4OS/c1-70(2,3)48-34-35-75-66(42-48)78-63-33-32-59-58-24-16-19-29-65(58)80-69(59)67(63)60-31-30-55(44-64(60)78)79-54-23-20-22-53(43-54)76-45-77(62-28-18-17-27-61(62)76)68-56(46-36-49(71(4,5)6)40-50(37-46)72(7,8)9)25-21-26-57(68)47-38-51(73(10,11)12)41-52(39-47)74(13,14)15/h16-44H,45H2,1-15H3/i32D,33D,35D. The van der Waals surface area contributed by atoms with Crippen molar-refractivity contribution in [2.45, 2.75) is 131 Å². The van der Waals surface area contributed by atoms with Crippen molar-refractivity contribution >= 4 is 76.1 Å². The van der Waals surface area contributed by atoms with Gasteiger partial charge < -0.3 is 14.5 Å². The summed E-state index contributed by atoms with van der Waals surface area (Å²) in [4.78, 5) is 9.77. The van der Waals surface area contributed by atoms with Gasteiger partial charge in [0.1, 0.15) is 24.0 Å². The highest BCUT2D eigenvalue weighted by molar-refractivity contribution is 7.26. The Morgan fingerprint density at radius 3 is 1.61 bits per heavy atom. The normalized spacial score (nSPS) is 14.1. The summed E-state index contributed by atoms with van der Waals surface area (Å²) in [5.41, 5.74) is 16.2. The molecule has 0 bridgehead atoms. The van der Waals surface area contributed by atoms with Crippen molar-refractivity contribution < 1.29 is 8.85 Å². The van der Waals surface area contributed by atoms with E-state index in [1.807, 2.05) is 47.0 Å². The summed E-state index contributed by atoms with van der Waals surface area (Å²) in [6, 6.07) is 57.0. The molecule has 404 valence electrons. The van der Waals surface area contributed by atoms with Crippen molar-refractivity contribution in [3.05, 3.63) is 204 Å². The summed E-state index contributed by atoms with van der Waals surface area (Å²) in [6.07, 6.45) is 0.141. The van der Waals surface area contributed by atoms with Gasteiger partial charge >= 0.3 is 0 Å². The second-order valence-corrected chi connectivity index (χ2v) is 28.3. The van der Waals surface area contributed by atoms with E-state index >= 15 is 0 Å². The fourth-order valence-electron chi connectivity index (χ4n) is 11.4. The second kappa shape index (κ2) is 19.0. The SMILES string of the molecule is [2H]c1cc(C(C)(C)C)cc(-n2c3cc(Oc4cccc(N5CN(c6c(-c7cc(C(C)(C)C)cc(C(C)(C)C)c7)cccc6-c6cc(C(C)(C)C)cc(C(C)(C)C)c6)c6ccccc65)c4)ccc3c3c4sc5ccccc5c4c([2H])c([2H])c32)n1. The van der Waals surface area contributed by atoms with Crippen LogP contribution >= 0.6 is 11.3 Å². The first-order valence-corrected chi connectivity index (χ1v) is 29.1. The molecule has 3 aromatic heterocycles. The van der Waals surface area contributed by atoms with Crippen LogP contribution in [-0.4, -0.2) is 16.2 Å². The quantitative estimate of drug-likeness (QED) is 0.159. The molecule has 80 heavy (non-hydrogen) atoms. The highest BCUT2D eigenvalue weighted by Gasteiger charge is 2.33. The number of anilines is 4. The lowest BCUT2D eigenvalue weighted by atomic mass is 9.77. The Balaban J connectivity index is 1.01. The first kappa shape index (κ1) is 49.4.